The highest BCUT2D eigenvalue weighted by Crippen LogP contribution is 2.15. The molecule has 1 N–H and O–H groups in total. The first-order valence-electron chi connectivity index (χ1n) is 7.33. The van der Waals surface area contributed by atoms with E-state index in [1.54, 1.807) is 43.5 Å². The Balaban J connectivity index is 1.95. The Morgan fingerprint density at radius 3 is 2.04 bits per heavy atom. The van der Waals surface area contributed by atoms with Crippen molar-refractivity contribution < 1.29 is 28.6 Å². The molecule has 1 amide bonds. The molecule has 0 fully saturated rings. The molecule has 0 atom stereocenters. The monoisotopic (exact) mass is 343 g/mol. The van der Waals surface area contributed by atoms with Crippen LogP contribution in [-0.4, -0.2) is 38.7 Å². The summed E-state index contributed by atoms with van der Waals surface area (Å²) < 4.78 is 14.6. The maximum atomic E-state index is 12.1. The number of hydrogen-bond acceptors (Lipinski definition) is 6. The molecular formula is C18H17NO6. The topological polar surface area (TPSA) is 90.9 Å². The van der Waals surface area contributed by atoms with E-state index in [9.17, 15) is 14.4 Å². The van der Waals surface area contributed by atoms with Crippen LogP contribution in [0.2, 0.25) is 0 Å². The SMILES string of the molecule is COC(=O)c1ccccc1C(=O)OCC(=O)Nc1ccc(OC)cc1. The van der Waals surface area contributed by atoms with Crippen LogP contribution in [0.5, 0.6) is 5.75 Å². The van der Waals surface area contributed by atoms with Gasteiger partial charge in [0.15, 0.2) is 6.61 Å². The fraction of sp³-hybridized carbons (Fsp3) is 0.167. The van der Waals surface area contributed by atoms with E-state index in [4.69, 9.17) is 9.47 Å². The van der Waals surface area contributed by atoms with Gasteiger partial charge in [-0.05, 0) is 36.4 Å². The zero-order valence-electron chi connectivity index (χ0n) is 13.8. The standard InChI is InChI=1S/C18H17NO6/c1-23-13-9-7-12(8-10-13)19-16(20)11-25-18(22)15-6-4-3-5-14(15)17(21)24-2/h3-10H,11H2,1-2H3,(H,19,20). The average Bonchev–Trinajstić information content (AvgIpc) is 2.66. The van der Waals surface area contributed by atoms with Gasteiger partial charge >= 0.3 is 11.9 Å². The molecule has 0 aliphatic carbocycles. The lowest BCUT2D eigenvalue weighted by Gasteiger charge is -2.09. The van der Waals surface area contributed by atoms with Gasteiger partial charge in [0, 0.05) is 5.69 Å². The quantitative estimate of drug-likeness (QED) is 0.809. The van der Waals surface area contributed by atoms with E-state index in [-0.39, 0.29) is 11.1 Å². The van der Waals surface area contributed by atoms with Crippen molar-refractivity contribution in [1.82, 2.24) is 0 Å². The molecule has 0 aliphatic rings. The van der Waals surface area contributed by atoms with E-state index in [2.05, 4.69) is 10.1 Å². The van der Waals surface area contributed by atoms with E-state index < -0.39 is 24.5 Å². The third-order valence-corrected chi connectivity index (χ3v) is 3.26. The van der Waals surface area contributed by atoms with Crippen molar-refractivity contribution in [1.29, 1.82) is 0 Å². The van der Waals surface area contributed by atoms with Crippen LogP contribution in [0.25, 0.3) is 0 Å². The largest absolute Gasteiger partial charge is 0.497 e. The Hall–Kier alpha value is -3.35. The van der Waals surface area contributed by atoms with Crippen molar-refractivity contribution in [2.45, 2.75) is 0 Å². The smallest absolute Gasteiger partial charge is 0.339 e. The maximum absolute atomic E-state index is 12.1. The van der Waals surface area contributed by atoms with Crippen molar-refractivity contribution >= 4 is 23.5 Å². The molecule has 7 nitrogen and oxygen atoms in total. The van der Waals surface area contributed by atoms with Crippen molar-refractivity contribution in [3.8, 4) is 5.75 Å². The fourth-order valence-electron chi connectivity index (χ4n) is 2.03. The summed E-state index contributed by atoms with van der Waals surface area (Å²) in [7, 11) is 2.76. The molecule has 0 radical (unpaired) electrons. The van der Waals surface area contributed by atoms with Gasteiger partial charge in [0.1, 0.15) is 5.75 Å². The maximum Gasteiger partial charge on any atom is 0.339 e. The van der Waals surface area contributed by atoms with Gasteiger partial charge in [-0.25, -0.2) is 9.59 Å². The van der Waals surface area contributed by atoms with Crippen LogP contribution >= 0.6 is 0 Å². The molecule has 25 heavy (non-hydrogen) atoms. The van der Waals surface area contributed by atoms with Crippen molar-refractivity contribution in [3.63, 3.8) is 0 Å². The summed E-state index contributed by atoms with van der Waals surface area (Å²) in [6.07, 6.45) is 0. The molecule has 2 rings (SSSR count). The van der Waals surface area contributed by atoms with Gasteiger partial charge in [0.2, 0.25) is 0 Å². The number of carbonyl (C=O) groups is 3. The van der Waals surface area contributed by atoms with E-state index in [0.717, 1.165) is 0 Å². The lowest BCUT2D eigenvalue weighted by molar-refractivity contribution is -0.119. The molecule has 0 saturated heterocycles. The summed E-state index contributed by atoms with van der Waals surface area (Å²) in [4.78, 5) is 35.6. The lowest BCUT2D eigenvalue weighted by Crippen LogP contribution is -2.22. The van der Waals surface area contributed by atoms with E-state index >= 15 is 0 Å². The van der Waals surface area contributed by atoms with Crippen LogP contribution in [0.15, 0.2) is 48.5 Å². The Kier molecular flexibility index (Phi) is 6.11. The molecule has 2 aromatic carbocycles. The second-order valence-corrected chi connectivity index (χ2v) is 4.89. The molecule has 0 unspecified atom stereocenters. The van der Waals surface area contributed by atoms with Gasteiger partial charge < -0.3 is 19.5 Å². The highest BCUT2D eigenvalue weighted by molar-refractivity contribution is 6.04. The van der Waals surface area contributed by atoms with Crippen LogP contribution < -0.4 is 10.1 Å². The fourth-order valence-corrected chi connectivity index (χ4v) is 2.03. The van der Waals surface area contributed by atoms with Gasteiger partial charge in [-0.3, -0.25) is 4.79 Å². The number of carbonyl (C=O) groups excluding carboxylic acids is 3. The summed E-state index contributed by atoms with van der Waals surface area (Å²) in [6, 6.07) is 12.7. The molecule has 0 spiro atoms. The van der Waals surface area contributed by atoms with Gasteiger partial charge in [0.05, 0.1) is 25.3 Å². The van der Waals surface area contributed by atoms with Crippen molar-refractivity contribution in [2.75, 3.05) is 26.1 Å². The minimum Gasteiger partial charge on any atom is -0.497 e. The molecule has 130 valence electrons. The first-order valence-corrected chi connectivity index (χ1v) is 7.33. The normalized spacial score (nSPS) is 9.84. The lowest BCUT2D eigenvalue weighted by atomic mass is 10.1. The van der Waals surface area contributed by atoms with E-state index in [0.29, 0.717) is 11.4 Å². The molecule has 0 saturated carbocycles. The van der Waals surface area contributed by atoms with Gasteiger partial charge in [-0.1, -0.05) is 12.1 Å². The van der Waals surface area contributed by atoms with Crippen LogP contribution in [0.1, 0.15) is 20.7 Å². The first kappa shape index (κ1) is 18.0. The van der Waals surface area contributed by atoms with E-state index in [1.807, 2.05) is 0 Å². The van der Waals surface area contributed by atoms with Crippen LogP contribution in [-0.2, 0) is 14.3 Å². The Bertz CT molecular complexity index is 769. The van der Waals surface area contributed by atoms with Crippen molar-refractivity contribution in [3.05, 3.63) is 59.7 Å². The molecular weight excluding hydrogens is 326 g/mol. The Morgan fingerprint density at radius 2 is 1.48 bits per heavy atom. The minimum atomic E-state index is -0.786. The second-order valence-electron chi connectivity index (χ2n) is 4.89. The van der Waals surface area contributed by atoms with Gasteiger partial charge in [0.25, 0.3) is 5.91 Å². The summed E-state index contributed by atoms with van der Waals surface area (Å²) in [5.41, 5.74) is 0.647. The van der Waals surface area contributed by atoms with Crippen LogP contribution in [0, 0.1) is 0 Å². The molecule has 0 heterocycles. The third-order valence-electron chi connectivity index (χ3n) is 3.26. The van der Waals surface area contributed by atoms with E-state index in [1.165, 1.54) is 19.2 Å². The predicted molar refractivity (Wildman–Crippen MR) is 89.7 cm³/mol. The average molecular weight is 343 g/mol. The molecule has 0 aromatic heterocycles. The number of esters is 2. The highest BCUT2D eigenvalue weighted by atomic mass is 16.5. The highest BCUT2D eigenvalue weighted by Gasteiger charge is 2.19. The van der Waals surface area contributed by atoms with Crippen LogP contribution in [0.3, 0.4) is 0 Å². The summed E-state index contributed by atoms with van der Waals surface area (Å²) >= 11 is 0. The predicted octanol–water partition coefficient (Wildman–Crippen LogP) is 2.28. The number of methoxy groups -OCH3 is 2. The minimum absolute atomic E-state index is 0.0339. The molecule has 0 aliphatic heterocycles. The zero-order valence-corrected chi connectivity index (χ0v) is 13.8. The summed E-state index contributed by atoms with van der Waals surface area (Å²) in [5.74, 6) is -1.29. The first-order chi connectivity index (χ1) is 12.0. The number of anilines is 1. The molecule has 7 heteroatoms. The second kappa shape index (κ2) is 8.49. The number of amides is 1. The van der Waals surface area contributed by atoms with Crippen LogP contribution in [0.4, 0.5) is 5.69 Å². The van der Waals surface area contributed by atoms with Crippen molar-refractivity contribution in [2.24, 2.45) is 0 Å². The number of ether oxygens (including phenoxy) is 3. The Morgan fingerprint density at radius 1 is 0.880 bits per heavy atom. The number of rotatable bonds is 6. The third kappa shape index (κ3) is 4.81. The molecule has 0 bridgehead atoms. The number of benzene rings is 2. The molecule has 2 aromatic rings. The van der Waals surface area contributed by atoms with Gasteiger partial charge in [-0.15, -0.1) is 0 Å². The number of hydrogen-bond donors (Lipinski definition) is 1. The Labute approximate surface area is 144 Å². The summed E-state index contributed by atoms with van der Waals surface area (Å²) in [5, 5.41) is 2.59. The van der Waals surface area contributed by atoms with Gasteiger partial charge in [-0.2, -0.15) is 0 Å². The summed E-state index contributed by atoms with van der Waals surface area (Å²) in [6.45, 7) is -0.486. The number of nitrogens with one attached hydrogen (secondary N) is 1. The zero-order chi connectivity index (χ0) is 18.2.